The molecular weight excluding hydrogens is 454 g/mol. The molecule has 8 heteroatoms. The Kier molecular flexibility index (Phi) is 6.98. The molecule has 0 saturated heterocycles. The summed E-state index contributed by atoms with van der Waals surface area (Å²) in [5, 5.41) is 16.0. The summed E-state index contributed by atoms with van der Waals surface area (Å²) in [6.45, 7) is 5.75. The first-order valence-corrected chi connectivity index (χ1v) is 13.5. The van der Waals surface area contributed by atoms with E-state index in [1.54, 1.807) is 40.9 Å². The highest BCUT2D eigenvalue weighted by Gasteiger charge is 2.64. The number of nitrogens with zero attached hydrogens (tertiary/aromatic N) is 2. The van der Waals surface area contributed by atoms with E-state index in [4.69, 9.17) is 0 Å². The molecular formula is C25H29N3O3S2. The second kappa shape index (κ2) is 9.60. The lowest BCUT2D eigenvalue weighted by molar-refractivity contribution is -0.137. The van der Waals surface area contributed by atoms with Crippen molar-refractivity contribution in [2.45, 2.75) is 63.5 Å². The molecule has 1 spiro atoms. The third-order valence-corrected chi connectivity index (χ3v) is 9.13. The predicted molar refractivity (Wildman–Crippen MR) is 134 cm³/mol. The normalized spacial score (nSPS) is 23.4. The maximum atomic E-state index is 13.0. The first-order valence-electron chi connectivity index (χ1n) is 11.2. The van der Waals surface area contributed by atoms with Crippen molar-refractivity contribution in [3.63, 3.8) is 0 Å². The van der Waals surface area contributed by atoms with Crippen LogP contribution in [0.15, 0.2) is 68.5 Å². The highest BCUT2D eigenvalue weighted by Crippen LogP contribution is 2.65. The standard InChI is InChI=1S/C25H29N3O3S2/c1-16-15-19-22(17(2)25(10-11-25)24(3,31)23(19)30)18(16)7-6-13-27-28-20(29)9-14-32-33-21-8-4-5-12-26-21/h4-5,8,12-13,15,31H,6-7,9-11,14H2,1-3H3,(H,28,29)/b27-13-/t24-/m0/s1. The van der Waals surface area contributed by atoms with Crippen molar-refractivity contribution in [1.29, 1.82) is 0 Å². The molecule has 2 N–H and O–H groups in total. The molecule has 0 radical (unpaired) electrons. The number of hydrogen-bond acceptors (Lipinski definition) is 7. The van der Waals surface area contributed by atoms with E-state index in [0.29, 0.717) is 24.2 Å². The summed E-state index contributed by atoms with van der Waals surface area (Å²) in [4.78, 5) is 29.2. The van der Waals surface area contributed by atoms with Gasteiger partial charge in [0.1, 0.15) is 10.6 Å². The molecule has 174 valence electrons. The Balaban J connectivity index is 1.25. The lowest BCUT2D eigenvalue weighted by Gasteiger charge is -2.39. The molecule has 1 fully saturated rings. The number of amides is 1. The molecule has 6 nitrogen and oxygen atoms in total. The summed E-state index contributed by atoms with van der Waals surface area (Å²) >= 11 is 0. The number of carbonyl (C=O) groups excluding carboxylic acids is 2. The maximum Gasteiger partial charge on any atom is 0.240 e. The van der Waals surface area contributed by atoms with E-state index in [-0.39, 0.29) is 11.7 Å². The molecule has 0 aromatic carbocycles. The van der Waals surface area contributed by atoms with Crippen LogP contribution >= 0.6 is 21.6 Å². The van der Waals surface area contributed by atoms with Gasteiger partial charge in [0.25, 0.3) is 0 Å². The predicted octanol–water partition coefficient (Wildman–Crippen LogP) is 4.78. The fraction of sp³-hybridized carbons (Fsp3) is 0.440. The highest BCUT2D eigenvalue weighted by atomic mass is 33.1. The number of rotatable bonds is 9. The van der Waals surface area contributed by atoms with Gasteiger partial charge in [0.15, 0.2) is 5.78 Å². The molecule has 33 heavy (non-hydrogen) atoms. The zero-order valence-electron chi connectivity index (χ0n) is 19.2. The molecule has 1 aromatic heterocycles. The van der Waals surface area contributed by atoms with Crippen LogP contribution in [0.3, 0.4) is 0 Å². The molecule has 3 aliphatic carbocycles. The third kappa shape index (κ3) is 4.61. The van der Waals surface area contributed by atoms with Gasteiger partial charge < -0.3 is 5.11 Å². The number of nitrogens with one attached hydrogen (secondary N) is 1. The van der Waals surface area contributed by atoms with Crippen LogP contribution in [-0.4, -0.2) is 39.3 Å². The van der Waals surface area contributed by atoms with E-state index in [1.165, 1.54) is 0 Å². The average molecular weight is 484 g/mol. The van der Waals surface area contributed by atoms with Crippen molar-refractivity contribution < 1.29 is 14.7 Å². The third-order valence-electron chi connectivity index (χ3n) is 6.87. The lowest BCUT2D eigenvalue weighted by atomic mass is 9.67. The summed E-state index contributed by atoms with van der Waals surface area (Å²) in [5.41, 5.74) is 5.90. The fourth-order valence-electron chi connectivity index (χ4n) is 4.82. The van der Waals surface area contributed by atoms with Gasteiger partial charge in [0.05, 0.1) is 0 Å². The minimum absolute atomic E-state index is 0.116. The number of aromatic nitrogens is 1. The molecule has 4 rings (SSSR count). The zero-order valence-corrected chi connectivity index (χ0v) is 20.8. The SMILES string of the molecule is CC1=C(CC/C=N\NC(=O)CCSSc2ccccn2)C2=C(C)C3(CC3)[C@@](C)(O)C(=O)C2=C1. The maximum absolute atomic E-state index is 13.0. The fourth-order valence-corrected chi connectivity index (χ4v) is 6.68. The van der Waals surface area contributed by atoms with Crippen LogP contribution in [0.2, 0.25) is 0 Å². The first kappa shape index (κ1) is 24.0. The Morgan fingerprint density at radius 2 is 2.12 bits per heavy atom. The van der Waals surface area contributed by atoms with Crippen molar-refractivity contribution in [2.24, 2.45) is 10.5 Å². The Hall–Kier alpha value is -2.16. The molecule has 1 heterocycles. The van der Waals surface area contributed by atoms with E-state index in [9.17, 15) is 14.7 Å². The van der Waals surface area contributed by atoms with Gasteiger partial charge in [-0.15, -0.1) is 0 Å². The minimum Gasteiger partial charge on any atom is -0.381 e. The van der Waals surface area contributed by atoms with Crippen molar-refractivity contribution >= 4 is 39.5 Å². The number of carbonyl (C=O) groups is 2. The Labute approximate surface area is 202 Å². The molecule has 0 bridgehead atoms. The van der Waals surface area contributed by atoms with Crippen LogP contribution in [0.25, 0.3) is 0 Å². The Morgan fingerprint density at radius 3 is 2.82 bits per heavy atom. The smallest absolute Gasteiger partial charge is 0.240 e. The number of hydrazone groups is 1. The molecule has 1 amide bonds. The summed E-state index contributed by atoms with van der Waals surface area (Å²) < 4.78 is 0. The van der Waals surface area contributed by atoms with E-state index in [1.807, 2.05) is 31.2 Å². The van der Waals surface area contributed by atoms with Crippen LogP contribution in [-0.2, 0) is 9.59 Å². The summed E-state index contributed by atoms with van der Waals surface area (Å²) in [7, 11) is 3.15. The molecule has 3 aliphatic rings. The van der Waals surface area contributed by atoms with E-state index in [0.717, 1.165) is 46.6 Å². The van der Waals surface area contributed by atoms with Gasteiger partial charge in [-0.05, 0) is 92.2 Å². The first-order chi connectivity index (χ1) is 15.8. The molecule has 1 saturated carbocycles. The van der Waals surface area contributed by atoms with Crippen molar-refractivity contribution in [3.05, 3.63) is 58.3 Å². The van der Waals surface area contributed by atoms with Gasteiger partial charge in [-0.1, -0.05) is 22.4 Å². The summed E-state index contributed by atoms with van der Waals surface area (Å²) in [6, 6.07) is 5.76. The van der Waals surface area contributed by atoms with Crippen LogP contribution in [0.5, 0.6) is 0 Å². The Morgan fingerprint density at radius 1 is 1.33 bits per heavy atom. The molecule has 0 unspecified atom stereocenters. The highest BCUT2D eigenvalue weighted by molar-refractivity contribution is 8.76. The van der Waals surface area contributed by atoms with Crippen molar-refractivity contribution in [1.82, 2.24) is 10.4 Å². The van der Waals surface area contributed by atoms with Gasteiger partial charge in [-0.25, -0.2) is 10.4 Å². The zero-order chi connectivity index (χ0) is 23.6. The minimum atomic E-state index is -1.32. The van der Waals surface area contributed by atoms with Crippen LogP contribution in [0.1, 0.15) is 52.9 Å². The Bertz CT molecular complexity index is 1080. The second-order valence-corrected chi connectivity index (χ2v) is 11.3. The number of ketones is 1. The van der Waals surface area contributed by atoms with Gasteiger partial charge in [0.2, 0.25) is 5.91 Å². The van der Waals surface area contributed by atoms with Crippen LogP contribution < -0.4 is 5.43 Å². The topological polar surface area (TPSA) is 91.7 Å². The number of pyridine rings is 1. The van der Waals surface area contributed by atoms with Crippen molar-refractivity contribution in [3.8, 4) is 0 Å². The summed E-state index contributed by atoms with van der Waals surface area (Å²) in [6.07, 6.45) is 8.87. The molecule has 0 aliphatic heterocycles. The largest absolute Gasteiger partial charge is 0.381 e. The van der Waals surface area contributed by atoms with E-state index >= 15 is 0 Å². The molecule has 1 atom stereocenters. The monoisotopic (exact) mass is 483 g/mol. The second-order valence-electron chi connectivity index (χ2n) is 8.91. The number of Topliss-reactive ketones (excluding diaryl/α,β-unsaturated/α-hetero) is 1. The van der Waals surface area contributed by atoms with Crippen molar-refractivity contribution in [2.75, 3.05) is 5.75 Å². The number of fused-ring (bicyclic) bond motifs is 1. The van der Waals surface area contributed by atoms with E-state index in [2.05, 4.69) is 22.4 Å². The lowest BCUT2D eigenvalue weighted by Crippen LogP contribution is -2.49. The average Bonchev–Trinajstić information content (AvgIpc) is 3.55. The van der Waals surface area contributed by atoms with Gasteiger partial charge in [0, 0.05) is 35.6 Å². The quantitative estimate of drug-likeness (QED) is 0.227. The van der Waals surface area contributed by atoms with E-state index < -0.39 is 11.0 Å². The van der Waals surface area contributed by atoms with Crippen LogP contribution in [0, 0.1) is 5.41 Å². The van der Waals surface area contributed by atoms with Crippen LogP contribution in [0.4, 0.5) is 0 Å². The van der Waals surface area contributed by atoms with Gasteiger partial charge in [-0.3, -0.25) is 9.59 Å². The van der Waals surface area contributed by atoms with Gasteiger partial charge >= 0.3 is 0 Å². The number of hydrogen-bond donors (Lipinski definition) is 2. The summed E-state index contributed by atoms with van der Waals surface area (Å²) in [5.74, 6) is 0.403. The molecule has 1 aromatic rings. The number of allylic oxidation sites excluding steroid dienone is 4. The number of aliphatic hydroxyl groups is 1. The van der Waals surface area contributed by atoms with Gasteiger partial charge in [-0.2, -0.15) is 5.10 Å².